The van der Waals surface area contributed by atoms with Crippen LogP contribution in [0, 0.1) is 11.3 Å². The van der Waals surface area contributed by atoms with Crippen molar-refractivity contribution in [2.45, 2.75) is 36.8 Å². The van der Waals surface area contributed by atoms with E-state index >= 15 is 0 Å². The van der Waals surface area contributed by atoms with Crippen molar-refractivity contribution >= 4 is 15.7 Å². The van der Waals surface area contributed by atoms with E-state index in [1.807, 2.05) is 6.07 Å². The summed E-state index contributed by atoms with van der Waals surface area (Å²) in [7, 11) is -3.76. The number of nitrogen functional groups attached to an aromatic ring is 1. The van der Waals surface area contributed by atoms with Gasteiger partial charge in [-0.05, 0) is 38.0 Å². The normalized spacial score (nSPS) is 20.5. The number of sulfonamides is 1. The summed E-state index contributed by atoms with van der Waals surface area (Å²) < 4.78 is 32.7. The lowest BCUT2D eigenvalue weighted by molar-refractivity contribution is 0.0902. The average molecular weight is 295 g/mol. The van der Waals surface area contributed by atoms with Crippen LogP contribution in [-0.2, 0) is 14.8 Å². The summed E-state index contributed by atoms with van der Waals surface area (Å²) in [6, 6.07) is 5.68. The molecule has 0 aliphatic carbocycles. The maximum atomic E-state index is 12.3. The topological polar surface area (TPSA) is 105 Å². The average Bonchev–Trinajstić information content (AvgIpc) is 2.91. The highest BCUT2D eigenvalue weighted by atomic mass is 32.2. The molecule has 1 fully saturated rings. The standard InChI is InChI=1S/C13H17N3O3S/c1-9(12-3-2-6-19-12)16-20(17,18)13-5-4-11(15)7-10(13)8-14/h4-5,7,9,12,16H,2-3,6,15H2,1H3. The first kappa shape index (κ1) is 14.8. The number of hydrogen-bond donors (Lipinski definition) is 2. The number of nitrogens with zero attached hydrogens (tertiary/aromatic N) is 1. The van der Waals surface area contributed by atoms with Crippen LogP contribution in [0.5, 0.6) is 0 Å². The summed E-state index contributed by atoms with van der Waals surface area (Å²) in [5.41, 5.74) is 5.95. The molecule has 1 aliphatic heterocycles. The molecule has 0 spiro atoms. The van der Waals surface area contributed by atoms with Crippen molar-refractivity contribution in [3.8, 4) is 6.07 Å². The molecular formula is C13H17N3O3S. The summed E-state index contributed by atoms with van der Waals surface area (Å²) >= 11 is 0. The minimum Gasteiger partial charge on any atom is -0.399 e. The number of hydrogen-bond acceptors (Lipinski definition) is 5. The third-order valence-electron chi connectivity index (χ3n) is 3.28. The van der Waals surface area contributed by atoms with E-state index in [1.54, 1.807) is 6.92 Å². The highest BCUT2D eigenvalue weighted by Gasteiger charge is 2.28. The van der Waals surface area contributed by atoms with E-state index in [2.05, 4.69) is 4.72 Å². The molecular weight excluding hydrogens is 278 g/mol. The molecule has 1 aliphatic rings. The second-order valence-corrected chi connectivity index (χ2v) is 6.51. The fourth-order valence-corrected chi connectivity index (χ4v) is 3.66. The number of nitrogens with one attached hydrogen (secondary N) is 1. The molecule has 2 rings (SSSR count). The molecule has 1 saturated heterocycles. The van der Waals surface area contributed by atoms with Crippen molar-refractivity contribution in [2.75, 3.05) is 12.3 Å². The Morgan fingerprint density at radius 1 is 1.55 bits per heavy atom. The second-order valence-electron chi connectivity index (χ2n) is 4.83. The summed E-state index contributed by atoms with van der Waals surface area (Å²) in [6.07, 6.45) is 1.64. The molecule has 0 amide bonds. The van der Waals surface area contributed by atoms with Crippen LogP contribution in [0.25, 0.3) is 0 Å². The van der Waals surface area contributed by atoms with Crippen LogP contribution in [0.3, 0.4) is 0 Å². The highest BCUT2D eigenvalue weighted by molar-refractivity contribution is 7.89. The SMILES string of the molecule is CC(NS(=O)(=O)c1ccc(N)cc1C#N)C1CCCO1. The van der Waals surface area contributed by atoms with Gasteiger partial charge in [-0.1, -0.05) is 0 Å². The van der Waals surface area contributed by atoms with Crippen LogP contribution in [0.15, 0.2) is 23.1 Å². The molecule has 2 unspecified atom stereocenters. The quantitative estimate of drug-likeness (QED) is 0.806. The first-order valence-electron chi connectivity index (χ1n) is 6.37. The minimum absolute atomic E-state index is 0.0389. The zero-order valence-electron chi connectivity index (χ0n) is 11.2. The van der Waals surface area contributed by atoms with Crippen molar-refractivity contribution in [3.05, 3.63) is 23.8 Å². The third-order valence-corrected chi connectivity index (χ3v) is 4.89. The highest BCUT2D eigenvalue weighted by Crippen LogP contribution is 2.21. The van der Waals surface area contributed by atoms with Crippen molar-refractivity contribution in [1.82, 2.24) is 4.72 Å². The van der Waals surface area contributed by atoms with Crippen LogP contribution in [-0.4, -0.2) is 27.2 Å². The third kappa shape index (κ3) is 3.10. The van der Waals surface area contributed by atoms with Crippen molar-refractivity contribution in [2.24, 2.45) is 0 Å². The number of nitrogens with two attached hydrogens (primary N) is 1. The first-order chi connectivity index (χ1) is 9.44. The van der Waals surface area contributed by atoms with Gasteiger partial charge in [0.15, 0.2) is 0 Å². The maximum Gasteiger partial charge on any atom is 0.242 e. The number of nitriles is 1. The monoisotopic (exact) mass is 295 g/mol. The Hall–Kier alpha value is -1.62. The van der Waals surface area contributed by atoms with Crippen molar-refractivity contribution < 1.29 is 13.2 Å². The lowest BCUT2D eigenvalue weighted by Crippen LogP contribution is -2.41. The molecule has 0 bridgehead atoms. The predicted octanol–water partition coefficient (Wildman–Crippen LogP) is 0.986. The van der Waals surface area contributed by atoms with Crippen LogP contribution >= 0.6 is 0 Å². The number of benzene rings is 1. The first-order valence-corrected chi connectivity index (χ1v) is 7.86. The molecule has 20 heavy (non-hydrogen) atoms. The Morgan fingerprint density at radius 3 is 2.90 bits per heavy atom. The molecule has 0 saturated carbocycles. The molecule has 2 atom stereocenters. The summed E-state index contributed by atoms with van der Waals surface area (Å²) in [4.78, 5) is -0.0564. The molecule has 1 aromatic carbocycles. The van der Waals surface area contributed by atoms with Gasteiger partial charge in [-0.15, -0.1) is 0 Å². The molecule has 1 aromatic rings. The van der Waals surface area contributed by atoms with Gasteiger partial charge in [-0.2, -0.15) is 5.26 Å². The summed E-state index contributed by atoms with van der Waals surface area (Å²) in [5.74, 6) is 0. The minimum atomic E-state index is -3.76. The maximum absolute atomic E-state index is 12.3. The van der Waals surface area contributed by atoms with E-state index in [1.165, 1.54) is 18.2 Å². The molecule has 108 valence electrons. The van der Waals surface area contributed by atoms with E-state index in [-0.39, 0.29) is 22.6 Å². The second kappa shape index (κ2) is 5.79. The Bertz CT molecular complexity index is 631. The fraction of sp³-hybridized carbons (Fsp3) is 0.462. The van der Waals surface area contributed by atoms with E-state index < -0.39 is 10.0 Å². The molecule has 0 aromatic heterocycles. The van der Waals surface area contributed by atoms with Crippen LogP contribution in [0.2, 0.25) is 0 Å². The predicted molar refractivity (Wildman–Crippen MR) is 74.3 cm³/mol. The fourth-order valence-electron chi connectivity index (χ4n) is 2.25. The zero-order chi connectivity index (χ0) is 14.8. The van der Waals surface area contributed by atoms with Crippen LogP contribution < -0.4 is 10.5 Å². The Morgan fingerprint density at radius 2 is 2.30 bits per heavy atom. The van der Waals surface area contributed by atoms with Crippen molar-refractivity contribution in [1.29, 1.82) is 5.26 Å². The van der Waals surface area contributed by atoms with E-state index in [0.717, 1.165) is 12.8 Å². The van der Waals surface area contributed by atoms with E-state index in [4.69, 9.17) is 15.7 Å². The Labute approximate surface area is 118 Å². The molecule has 6 nitrogen and oxygen atoms in total. The van der Waals surface area contributed by atoms with Gasteiger partial charge in [-0.3, -0.25) is 0 Å². The molecule has 0 radical (unpaired) electrons. The smallest absolute Gasteiger partial charge is 0.242 e. The van der Waals surface area contributed by atoms with Gasteiger partial charge in [0.1, 0.15) is 6.07 Å². The van der Waals surface area contributed by atoms with Gasteiger partial charge in [0.2, 0.25) is 10.0 Å². The molecule has 3 N–H and O–H groups in total. The van der Waals surface area contributed by atoms with Crippen LogP contribution in [0.1, 0.15) is 25.3 Å². The van der Waals surface area contributed by atoms with Gasteiger partial charge < -0.3 is 10.5 Å². The van der Waals surface area contributed by atoms with Gasteiger partial charge in [0.25, 0.3) is 0 Å². The number of anilines is 1. The lowest BCUT2D eigenvalue weighted by atomic mass is 10.1. The van der Waals surface area contributed by atoms with Crippen LogP contribution in [0.4, 0.5) is 5.69 Å². The lowest BCUT2D eigenvalue weighted by Gasteiger charge is -2.20. The van der Waals surface area contributed by atoms with Crippen molar-refractivity contribution in [3.63, 3.8) is 0 Å². The number of ether oxygens (including phenoxy) is 1. The largest absolute Gasteiger partial charge is 0.399 e. The molecule has 7 heteroatoms. The summed E-state index contributed by atoms with van der Waals surface area (Å²) in [5, 5.41) is 9.03. The van der Waals surface area contributed by atoms with E-state index in [9.17, 15) is 8.42 Å². The Kier molecular flexibility index (Phi) is 4.28. The van der Waals surface area contributed by atoms with Gasteiger partial charge in [0, 0.05) is 18.3 Å². The zero-order valence-corrected chi connectivity index (χ0v) is 12.0. The van der Waals surface area contributed by atoms with Gasteiger partial charge in [-0.25, -0.2) is 13.1 Å². The van der Waals surface area contributed by atoms with E-state index in [0.29, 0.717) is 12.3 Å². The molecule has 1 heterocycles. The Balaban J connectivity index is 2.24. The van der Waals surface area contributed by atoms with Gasteiger partial charge >= 0.3 is 0 Å². The summed E-state index contributed by atoms with van der Waals surface area (Å²) in [6.45, 7) is 2.42. The number of rotatable bonds is 4. The van der Waals surface area contributed by atoms with Gasteiger partial charge in [0.05, 0.1) is 16.6 Å².